The standard InChI is InChI=1S/C19H32N6O9/c1-8(2)5-9(20)16(30)24-11(6-14(22)27)18(32)23-10(3-4-13(21)26)17(31)25-12(19(33)34)7-15(28)29/h8-12H,3-7,20H2,1-2H3,(H2,21,26)(H2,22,27)(H,23,32)(H,24,30)(H,25,31)(H,28,29)(H,33,34). The lowest BCUT2D eigenvalue weighted by Gasteiger charge is -2.24. The Labute approximate surface area is 195 Å². The van der Waals surface area contributed by atoms with Crippen LogP contribution in [0.25, 0.3) is 0 Å². The number of primary amides is 2. The summed E-state index contributed by atoms with van der Waals surface area (Å²) in [6, 6.07) is -5.90. The Balaban J connectivity index is 5.61. The number of carbonyl (C=O) groups excluding carboxylic acids is 5. The molecule has 0 heterocycles. The number of nitrogens with one attached hydrogen (secondary N) is 3. The molecule has 34 heavy (non-hydrogen) atoms. The Morgan fingerprint density at radius 2 is 1.24 bits per heavy atom. The third-order valence-corrected chi connectivity index (χ3v) is 4.41. The Hall–Kier alpha value is -3.75. The molecule has 0 saturated heterocycles. The van der Waals surface area contributed by atoms with E-state index in [1.807, 2.05) is 19.2 Å². The molecule has 0 radical (unpaired) electrons. The Kier molecular flexibility index (Phi) is 12.8. The van der Waals surface area contributed by atoms with E-state index in [1.54, 1.807) is 0 Å². The van der Waals surface area contributed by atoms with E-state index in [0.717, 1.165) is 0 Å². The van der Waals surface area contributed by atoms with Gasteiger partial charge in [-0.05, 0) is 18.8 Å². The van der Waals surface area contributed by atoms with Crippen LogP contribution in [-0.4, -0.2) is 75.9 Å². The zero-order valence-corrected chi connectivity index (χ0v) is 18.9. The van der Waals surface area contributed by atoms with E-state index in [4.69, 9.17) is 27.4 Å². The summed E-state index contributed by atoms with van der Waals surface area (Å²) in [6.45, 7) is 3.63. The van der Waals surface area contributed by atoms with Crippen molar-refractivity contribution in [2.45, 2.75) is 70.1 Å². The predicted octanol–water partition coefficient (Wildman–Crippen LogP) is -3.49. The van der Waals surface area contributed by atoms with Crippen LogP contribution in [-0.2, 0) is 33.6 Å². The highest BCUT2D eigenvalue weighted by Crippen LogP contribution is 2.05. The molecule has 15 heteroatoms. The number of carbonyl (C=O) groups is 7. The lowest BCUT2D eigenvalue weighted by molar-refractivity contribution is -0.147. The summed E-state index contributed by atoms with van der Waals surface area (Å²) in [5.74, 6) is -7.80. The monoisotopic (exact) mass is 488 g/mol. The van der Waals surface area contributed by atoms with Crippen LogP contribution in [0.2, 0.25) is 0 Å². The molecule has 0 bridgehead atoms. The van der Waals surface area contributed by atoms with Gasteiger partial charge in [-0.1, -0.05) is 13.8 Å². The quantitative estimate of drug-likeness (QED) is 0.106. The number of carboxylic acids is 2. The Morgan fingerprint density at radius 3 is 1.68 bits per heavy atom. The van der Waals surface area contributed by atoms with Gasteiger partial charge in [-0.3, -0.25) is 28.8 Å². The van der Waals surface area contributed by atoms with E-state index < -0.39 is 84.9 Å². The zero-order chi connectivity index (χ0) is 26.6. The molecule has 4 unspecified atom stereocenters. The fourth-order valence-corrected chi connectivity index (χ4v) is 2.78. The molecule has 0 aliphatic rings. The molecular weight excluding hydrogens is 456 g/mol. The number of hydrogen-bond acceptors (Lipinski definition) is 8. The van der Waals surface area contributed by atoms with Gasteiger partial charge in [0.05, 0.1) is 18.9 Å². The molecule has 0 saturated carbocycles. The second-order valence-electron chi connectivity index (χ2n) is 8.03. The highest BCUT2D eigenvalue weighted by molar-refractivity contribution is 5.96. The molecule has 192 valence electrons. The summed E-state index contributed by atoms with van der Waals surface area (Å²) in [5.41, 5.74) is 16.0. The molecule has 0 fully saturated rings. The lowest BCUT2D eigenvalue weighted by Crippen LogP contribution is -2.58. The van der Waals surface area contributed by atoms with Crippen LogP contribution in [0, 0.1) is 5.92 Å². The summed E-state index contributed by atoms with van der Waals surface area (Å²) in [6.07, 6.45) is -2.10. The van der Waals surface area contributed by atoms with Gasteiger partial charge in [0.1, 0.15) is 18.1 Å². The predicted molar refractivity (Wildman–Crippen MR) is 115 cm³/mol. The Morgan fingerprint density at radius 1 is 0.735 bits per heavy atom. The zero-order valence-electron chi connectivity index (χ0n) is 18.9. The highest BCUT2D eigenvalue weighted by Gasteiger charge is 2.32. The molecule has 5 amide bonds. The van der Waals surface area contributed by atoms with Crippen molar-refractivity contribution in [2.24, 2.45) is 23.1 Å². The number of rotatable bonds is 16. The maximum Gasteiger partial charge on any atom is 0.326 e. The topological polar surface area (TPSA) is 274 Å². The number of hydrogen-bond donors (Lipinski definition) is 8. The second-order valence-corrected chi connectivity index (χ2v) is 8.03. The van der Waals surface area contributed by atoms with E-state index in [9.17, 15) is 33.6 Å². The van der Waals surface area contributed by atoms with Crippen molar-refractivity contribution < 1.29 is 43.8 Å². The molecule has 0 aliphatic heterocycles. The van der Waals surface area contributed by atoms with Crippen molar-refractivity contribution in [3.05, 3.63) is 0 Å². The van der Waals surface area contributed by atoms with E-state index in [0.29, 0.717) is 0 Å². The summed E-state index contributed by atoms with van der Waals surface area (Å²) in [4.78, 5) is 82.2. The second kappa shape index (κ2) is 14.4. The molecule has 0 rings (SSSR count). The first-order chi connectivity index (χ1) is 15.6. The molecule has 0 aromatic heterocycles. The van der Waals surface area contributed by atoms with E-state index in [-0.39, 0.29) is 18.8 Å². The van der Waals surface area contributed by atoms with Crippen LogP contribution in [0.1, 0.15) is 46.0 Å². The van der Waals surface area contributed by atoms with Gasteiger partial charge >= 0.3 is 11.9 Å². The van der Waals surface area contributed by atoms with Crippen LogP contribution in [0.3, 0.4) is 0 Å². The molecule has 0 aromatic rings. The maximum absolute atomic E-state index is 12.7. The third-order valence-electron chi connectivity index (χ3n) is 4.41. The number of nitrogens with two attached hydrogens (primary N) is 3. The lowest BCUT2D eigenvalue weighted by atomic mass is 10.0. The fourth-order valence-electron chi connectivity index (χ4n) is 2.78. The minimum absolute atomic E-state index is 0.0547. The fraction of sp³-hybridized carbons (Fsp3) is 0.632. The summed E-state index contributed by atoms with van der Waals surface area (Å²) >= 11 is 0. The normalized spacial score (nSPS) is 14.2. The molecule has 11 N–H and O–H groups in total. The molecule has 0 spiro atoms. The van der Waals surface area contributed by atoms with Crippen molar-refractivity contribution in [3.63, 3.8) is 0 Å². The first-order valence-corrected chi connectivity index (χ1v) is 10.3. The van der Waals surface area contributed by atoms with Crippen molar-refractivity contribution in [1.29, 1.82) is 0 Å². The summed E-state index contributed by atoms with van der Waals surface area (Å²) in [7, 11) is 0. The number of amides is 5. The van der Waals surface area contributed by atoms with Crippen LogP contribution in [0.15, 0.2) is 0 Å². The third kappa shape index (κ3) is 12.3. The van der Waals surface area contributed by atoms with Gasteiger partial charge in [0, 0.05) is 6.42 Å². The summed E-state index contributed by atoms with van der Waals surface area (Å²) < 4.78 is 0. The van der Waals surface area contributed by atoms with E-state index in [2.05, 4.69) is 10.6 Å². The van der Waals surface area contributed by atoms with Crippen molar-refractivity contribution in [2.75, 3.05) is 0 Å². The smallest absolute Gasteiger partial charge is 0.326 e. The average molecular weight is 488 g/mol. The molecule has 0 aromatic carbocycles. The van der Waals surface area contributed by atoms with Crippen molar-refractivity contribution >= 4 is 41.5 Å². The van der Waals surface area contributed by atoms with Gasteiger partial charge in [-0.2, -0.15) is 0 Å². The molecule has 15 nitrogen and oxygen atoms in total. The first kappa shape index (κ1) is 30.2. The summed E-state index contributed by atoms with van der Waals surface area (Å²) in [5, 5.41) is 24.3. The SMILES string of the molecule is CC(C)CC(N)C(=O)NC(CC(N)=O)C(=O)NC(CCC(N)=O)C(=O)NC(CC(=O)O)C(=O)O. The molecule has 4 atom stereocenters. The highest BCUT2D eigenvalue weighted by atomic mass is 16.4. The van der Waals surface area contributed by atoms with Crippen LogP contribution in [0.5, 0.6) is 0 Å². The van der Waals surface area contributed by atoms with Gasteiger partial charge in [-0.15, -0.1) is 0 Å². The van der Waals surface area contributed by atoms with Gasteiger partial charge < -0.3 is 43.4 Å². The van der Waals surface area contributed by atoms with Crippen LogP contribution >= 0.6 is 0 Å². The molecular formula is C19H32N6O9. The number of aliphatic carboxylic acids is 2. The van der Waals surface area contributed by atoms with Crippen molar-refractivity contribution in [1.82, 2.24) is 16.0 Å². The van der Waals surface area contributed by atoms with Crippen LogP contribution < -0.4 is 33.2 Å². The molecule has 0 aliphatic carbocycles. The maximum atomic E-state index is 12.7. The van der Waals surface area contributed by atoms with Crippen molar-refractivity contribution in [3.8, 4) is 0 Å². The van der Waals surface area contributed by atoms with E-state index in [1.165, 1.54) is 0 Å². The average Bonchev–Trinajstić information content (AvgIpc) is 2.68. The Bertz CT molecular complexity index is 801. The largest absolute Gasteiger partial charge is 0.481 e. The minimum Gasteiger partial charge on any atom is -0.481 e. The van der Waals surface area contributed by atoms with Gasteiger partial charge in [0.2, 0.25) is 29.5 Å². The van der Waals surface area contributed by atoms with E-state index >= 15 is 0 Å². The van der Waals surface area contributed by atoms with Gasteiger partial charge in [-0.25, -0.2) is 4.79 Å². The van der Waals surface area contributed by atoms with Crippen LogP contribution in [0.4, 0.5) is 0 Å². The minimum atomic E-state index is -1.83. The van der Waals surface area contributed by atoms with Gasteiger partial charge in [0.15, 0.2) is 0 Å². The first-order valence-electron chi connectivity index (χ1n) is 10.3. The number of carboxylic acid groups (broad SMARTS) is 2. The van der Waals surface area contributed by atoms with Gasteiger partial charge in [0.25, 0.3) is 0 Å².